The van der Waals surface area contributed by atoms with Crippen molar-refractivity contribution in [3.05, 3.63) is 0 Å². The first-order valence-electron chi connectivity index (χ1n) is 6.83. The molecular formula is C13H24N2O2. The maximum atomic E-state index is 12.2. The Kier molecular flexibility index (Phi) is 4.40. The first-order chi connectivity index (χ1) is 8.26. The highest BCUT2D eigenvalue weighted by atomic mass is 16.5. The van der Waals surface area contributed by atoms with Gasteiger partial charge in [0, 0.05) is 19.7 Å². The van der Waals surface area contributed by atoms with Gasteiger partial charge >= 0.3 is 0 Å². The van der Waals surface area contributed by atoms with Crippen molar-refractivity contribution in [3.63, 3.8) is 0 Å². The predicted molar refractivity (Wildman–Crippen MR) is 66.8 cm³/mol. The minimum atomic E-state index is 0.0662. The fourth-order valence-corrected chi connectivity index (χ4v) is 2.99. The van der Waals surface area contributed by atoms with Crippen molar-refractivity contribution in [2.24, 2.45) is 0 Å². The zero-order chi connectivity index (χ0) is 12.3. The monoisotopic (exact) mass is 240 g/mol. The molecular weight excluding hydrogens is 216 g/mol. The van der Waals surface area contributed by atoms with Gasteiger partial charge < -0.3 is 15.0 Å². The predicted octanol–water partition coefficient (Wildman–Crippen LogP) is 1.15. The van der Waals surface area contributed by atoms with E-state index in [2.05, 4.69) is 17.1 Å². The number of nitrogens with one attached hydrogen (secondary N) is 1. The third-order valence-electron chi connectivity index (χ3n) is 4.01. The van der Waals surface area contributed by atoms with Gasteiger partial charge in [-0.2, -0.15) is 0 Å². The van der Waals surface area contributed by atoms with E-state index < -0.39 is 0 Å². The number of carbonyl (C=O) groups is 1. The van der Waals surface area contributed by atoms with Gasteiger partial charge in [-0.05, 0) is 38.6 Å². The molecule has 3 atom stereocenters. The number of hydrogen-bond donors (Lipinski definition) is 1. The van der Waals surface area contributed by atoms with Crippen molar-refractivity contribution in [3.8, 4) is 0 Å². The standard InChI is InChI=1S/C13H24N2O2/c1-3-7-14-12-6-8-15(13(12)16)10-4-5-11(9-10)17-2/h10-12,14H,3-9H2,1-2H3. The summed E-state index contributed by atoms with van der Waals surface area (Å²) >= 11 is 0. The van der Waals surface area contributed by atoms with Crippen molar-refractivity contribution in [1.82, 2.24) is 10.2 Å². The molecule has 0 spiro atoms. The minimum Gasteiger partial charge on any atom is -0.381 e. The molecule has 0 aromatic heterocycles. The van der Waals surface area contributed by atoms with Crippen LogP contribution in [-0.4, -0.2) is 49.2 Å². The second kappa shape index (κ2) is 5.83. The van der Waals surface area contributed by atoms with Crippen LogP contribution in [0.15, 0.2) is 0 Å². The molecule has 4 nitrogen and oxygen atoms in total. The number of methoxy groups -OCH3 is 1. The largest absolute Gasteiger partial charge is 0.381 e. The van der Waals surface area contributed by atoms with Gasteiger partial charge in [0.2, 0.25) is 5.91 Å². The maximum absolute atomic E-state index is 12.2. The van der Waals surface area contributed by atoms with Crippen LogP contribution in [0.3, 0.4) is 0 Å². The Bertz CT molecular complexity index is 270. The Balaban J connectivity index is 1.85. The summed E-state index contributed by atoms with van der Waals surface area (Å²) in [6.45, 7) is 3.99. The van der Waals surface area contributed by atoms with Crippen molar-refractivity contribution in [2.45, 2.75) is 57.2 Å². The molecule has 1 N–H and O–H groups in total. The van der Waals surface area contributed by atoms with Crippen molar-refractivity contribution >= 4 is 5.91 Å². The van der Waals surface area contributed by atoms with Gasteiger partial charge in [-0.3, -0.25) is 4.79 Å². The smallest absolute Gasteiger partial charge is 0.240 e. The van der Waals surface area contributed by atoms with Gasteiger partial charge in [-0.1, -0.05) is 6.92 Å². The fraction of sp³-hybridized carbons (Fsp3) is 0.923. The number of carbonyl (C=O) groups excluding carboxylic acids is 1. The van der Waals surface area contributed by atoms with Crippen molar-refractivity contribution in [2.75, 3.05) is 20.2 Å². The summed E-state index contributed by atoms with van der Waals surface area (Å²) < 4.78 is 5.37. The highest BCUT2D eigenvalue weighted by Crippen LogP contribution is 2.29. The van der Waals surface area contributed by atoms with E-state index in [1.54, 1.807) is 7.11 Å². The van der Waals surface area contributed by atoms with Gasteiger partial charge in [0.05, 0.1) is 12.1 Å². The normalized spacial score (nSPS) is 33.6. The summed E-state index contributed by atoms with van der Waals surface area (Å²) in [6.07, 6.45) is 5.62. The van der Waals surface area contributed by atoms with Crippen molar-refractivity contribution < 1.29 is 9.53 Å². The van der Waals surface area contributed by atoms with E-state index in [9.17, 15) is 4.79 Å². The average molecular weight is 240 g/mol. The number of amides is 1. The molecule has 0 bridgehead atoms. The van der Waals surface area contributed by atoms with E-state index in [0.717, 1.165) is 45.2 Å². The Labute approximate surface area is 104 Å². The Hall–Kier alpha value is -0.610. The molecule has 4 heteroatoms. The van der Waals surface area contributed by atoms with E-state index in [4.69, 9.17) is 4.74 Å². The summed E-state index contributed by atoms with van der Waals surface area (Å²) in [4.78, 5) is 14.3. The van der Waals surface area contributed by atoms with E-state index in [1.165, 1.54) is 0 Å². The lowest BCUT2D eigenvalue weighted by Gasteiger charge is -2.24. The molecule has 0 aromatic carbocycles. The van der Waals surface area contributed by atoms with E-state index in [-0.39, 0.29) is 6.04 Å². The highest BCUT2D eigenvalue weighted by molar-refractivity contribution is 5.84. The summed E-state index contributed by atoms with van der Waals surface area (Å²) in [5, 5.41) is 3.34. The number of nitrogens with zero attached hydrogens (tertiary/aromatic N) is 1. The number of likely N-dealkylation sites (tertiary alicyclic amines) is 1. The van der Waals surface area contributed by atoms with Crippen LogP contribution < -0.4 is 5.32 Å². The molecule has 1 saturated heterocycles. The molecule has 0 aromatic rings. The summed E-state index contributed by atoms with van der Waals surface area (Å²) in [5.74, 6) is 0.306. The van der Waals surface area contributed by atoms with Gasteiger partial charge in [0.25, 0.3) is 0 Å². The molecule has 0 radical (unpaired) electrons. The van der Waals surface area contributed by atoms with Gasteiger partial charge in [0.1, 0.15) is 0 Å². The number of ether oxygens (including phenoxy) is 1. The summed E-state index contributed by atoms with van der Waals surface area (Å²) in [6, 6.07) is 0.484. The molecule has 2 fully saturated rings. The van der Waals surface area contributed by atoms with Crippen LogP contribution in [0.5, 0.6) is 0 Å². The molecule has 1 heterocycles. The lowest BCUT2D eigenvalue weighted by Crippen LogP contribution is -2.42. The summed E-state index contributed by atoms with van der Waals surface area (Å²) in [5.41, 5.74) is 0. The second-order valence-corrected chi connectivity index (χ2v) is 5.15. The third kappa shape index (κ3) is 2.80. The first-order valence-corrected chi connectivity index (χ1v) is 6.83. The summed E-state index contributed by atoms with van der Waals surface area (Å²) in [7, 11) is 1.77. The van der Waals surface area contributed by atoms with Crippen LogP contribution in [0, 0.1) is 0 Å². The molecule has 1 aliphatic heterocycles. The van der Waals surface area contributed by atoms with Crippen LogP contribution in [0.1, 0.15) is 39.0 Å². The number of rotatable bonds is 5. The Morgan fingerprint density at radius 3 is 2.88 bits per heavy atom. The zero-order valence-electron chi connectivity index (χ0n) is 10.9. The van der Waals surface area contributed by atoms with Gasteiger partial charge in [-0.15, -0.1) is 0 Å². The number of hydrogen-bond acceptors (Lipinski definition) is 3. The van der Waals surface area contributed by atoms with Crippen molar-refractivity contribution in [1.29, 1.82) is 0 Å². The van der Waals surface area contributed by atoms with Crippen LogP contribution in [0.25, 0.3) is 0 Å². The minimum absolute atomic E-state index is 0.0662. The van der Waals surface area contributed by atoms with Gasteiger partial charge in [0.15, 0.2) is 0 Å². The third-order valence-corrected chi connectivity index (χ3v) is 4.01. The maximum Gasteiger partial charge on any atom is 0.240 e. The molecule has 1 amide bonds. The first kappa shape index (κ1) is 12.8. The highest BCUT2D eigenvalue weighted by Gasteiger charge is 2.38. The van der Waals surface area contributed by atoms with Gasteiger partial charge in [-0.25, -0.2) is 0 Å². The van der Waals surface area contributed by atoms with E-state index in [1.807, 2.05) is 0 Å². The molecule has 1 saturated carbocycles. The second-order valence-electron chi connectivity index (χ2n) is 5.15. The topological polar surface area (TPSA) is 41.6 Å². The van der Waals surface area contributed by atoms with Crippen LogP contribution in [-0.2, 0) is 9.53 Å². The molecule has 3 unspecified atom stereocenters. The molecule has 17 heavy (non-hydrogen) atoms. The van der Waals surface area contributed by atoms with Crippen LogP contribution in [0.4, 0.5) is 0 Å². The SMILES string of the molecule is CCCNC1CCN(C2CCC(OC)C2)C1=O. The quantitative estimate of drug-likeness (QED) is 0.784. The fourth-order valence-electron chi connectivity index (χ4n) is 2.99. The average Bonchev–Trinajstić information content (AvgIpc) is 2.93. The van der Waals surface area contributed by atoms with Crippen LogP contribution >= 0.6 is 0 Å². The Morgan fingerprint density at radius 1 is 1.41 bits per heavy atom. The van der Waals surface area contributed by atoms with E-state index in [0.29, 0.717) is 18.1 Å². The molecule has 2 rings (SSSR count). The Morgan fingerprint density at radius 2 is 2.24 bits per heavy atom. The molecule has 98 valence electrons. The van der Waals surface area contributed by atoms with E-state index >= 15 is 0 Å². The van der Waals surface area contributed by atoms with Crippen LogP contribution in [0.2, 0.25) is 0 Å². The molecule has 1 aliphatic carbocycles. The lowest BCUT2D eigenvalue weighted by atomic mass is 10.2. The lowest BCUT2D eigenvalue weighted by molar-refractivity contribution is -0.131. The molecule has 2 aliphatic rings. The zero-order valence-corrected chi connectivity index (χ0v) is 10.9.